The SMILES string of the molecule is CC(CCS(=O)(=O)c1ccc(F)cc1)N1CCc2ccccc21. The summed E-state index contributed by atoms with van der Waals surface area (Å²) in [6.07, 6.45) is 1.55. The van der Waals surface area contributed by atoms with E-state index in [4.69, 9.17) is 0 Å². The normalized spacial score (nSPS) is 15.5. The summed E-state index contributed by atoms with van der Waals surface area (Å²) in [5.41, 5.74) is 2.53. The minimum absolute atomic E-state index is 0.0679. The molecule has 1 atom stereocenters. The van der Waals surface area contributed by atoms with E-state index in [-0.39, 0.29) is 16.7 Å². The Bertz CT molecular complexity index is 787. The number of anilines is 1. The molecule has 23 heavy (non-hydrogen) atoms. The van der Waals surface area contributed by atoms with E-state index in [0.717, 1.165) is 13.0 Å². The minimum Gasteiger partial charge on any atom is -0.368 e. The molecule has 0 aliphatic carbocycles. The minimum atomic E-state index is -3.37. The van der Waals surface area contributed by atoms with E-state index in [0.29, 0.717) is 6.42 Å². The van der Waals surface area contributed by atoms with Crippen molar-refractivity contribution in [3.63, 3.8) is 0 Å². The van der Waals surface area contributed by atoms with E-state index in [1.165, 1.54) is 35.5 Å². The molecule has 3 nitrogen and oxygen atoms in total. The number of rotatable bonds is 5. The molecule has 1 aliphatic heterocycles. The molecule has 1 heterocycles. The van der Waals surface area contributed by atoms with Crippen molar-refractivity contribution in [1.29, 1.82) is 0 Å². The Hall–Kier alpha value is -1.88. The maximum absolute atomic E-state index is 12.9. The Morgan fingerprint density at radius 1 is 1.13 bits per heavy atom. The Morgan fingerprint density at radius 3 is 2.57 bits per heavy atom. The van der Waals surface area contributed by atoms with E-state index in [2.05, 4.69) is 24.0 Å². The molecule has 1 aliphatic rings. The van der Waals surface area contributed by atoms with Crippen molar-refractivity contribution in [2.24, 2.45) is 0 Å². The van der Waals surface area contributed by atoms with Crippen LogP contribution in [0.15, 0.2) is 53.4 Å². The van der Waals surface area contributed by atoms with Gasteiger partial charge in [0, 0.05) is 18.3 Å². The zero-order chi connectivity index (χ0) is 16.4. The highest BCUT2D eigenvalue weighted by molar-refractivity contribution is 7.91. The number of halogens is 1. The van der Waals surface area contributed by atoms with Crippen LogP contribution in [0.25, 0.3) is 0 Å². The molecule has 122 valence electrons. The average Bonchev–Trinajstić information content (AvgIpc) is 2.97. The number of para-hydroxylation sites is 1. The van der Waals surface area contributed by atoms with Crippen LogP contribution in [-0.4, -0.2) is 26.8 Å². The predicted molar refractivity (Wildman–Crippen MR) is 90.0 cm³/mol. The first-order valence-corrected chi connectivity index (χ1v) is 9.45. The van der Waals surface area contributed by atoms with Crippen molar-refractivity contribution in [2.45, 2.75) is 30.7 Å². The number of hydrogen-bond acceptors (Lipinski definition) is 3. The fourth-order valence-electron chi connectivity index (χ4n) is 3.06. The highest BCUT2D eigenvalue weighted by Gasteiger charge is 2.24. The highest BCUT2D eigenvalue weighted by atomic mass is 32.2. The second kappa shape index (κ2) is 6.32. The van der Waals surface area contributed by atoms with Crippen molar-refractivity contribution < 1.29 is 12.8 Å². The molecular formula is C18H20FNO2S. The first-order valence-electron chi connectivity index (χ1n) is 7.80. The summed E-state index contributed by atoms with van der Waals surface area (Å²) >= 11 is 0. The maximum atomic E-state index is 12.9. The monoisotopic (exact) mass is 333 g/mol. The third-order valence-corrected chi connectivity index (χ3v) is 6.20. The molecule has 0 aromatic heterocycles. The Kier molecular flexibility index (Phi) is 4.39. The van der Waals surface area contributed by atoms with E-state index in [9.17, 15) is 12.8 Å². The summed E-state index contributed by atoms with van der Waals surface area (Å²) in [7, 11) is -3.37. The van der Waals surface area contributed by atoms with E-state index < -0.39 is 15.7 Å². The van der Waals surface area contributed by atoms with Gasteiger partial charge >= 0.3 is 0 Å². The molecule has 0 fully saturated rings. The second-order valence-electron chi connectivity index (χ2n) is 5.98. The molecule has 0 saturated heterocycles. The van der Waals surface area contributed by atoms with Crippen LogP contribution >= 0.6 is 0 Å². The summed E-state index contributed by atoms with van der Waals surface area (Å²) in [5, 5.41) is 0. The molecule has 0 spiro atoms. The number of nitrogens with zero attached hydrogens (tertiary/aromatic N) is 1. The molecular weight excluding hydrogens is 313 g/mol. The fourth-order valence-corrected chi connectivity index (χ4v) is 4.50. The number of hydrogen-bond donors (Lipinski definition) is 0. The van der Waals surface area contributed by atoms with E-state index in [1.807, 2.05) is 12.1 Å². The lowest BCUT2D eigenvalue weighted by atomic mass is 10.1. The Morgan fingerprint density at radius 2 is 1.83 bits per heavy atom. The van der Waals surface area contributed by atoms with Gasteiger partial charge in [-0.3, -0.25) is 0 Å². The molecule has 0 radical (unpaired) electrons. The van der Waals surface area contributed by atoms with Gasteiger partial charge in [-0.15, -0.1) is 0 Å². The van der Waals surface area contributed by atoms with Gasteiger partial charge in [0.15, 0.2) is 9.84 Å². The molecule has 5 heteroatoms. The largest absolute Gasteiger partial charge is 0.368 e. The fraction of sp³-hybridized carbons (Fsp3) is 0.333. The molecule has 0 N–H and O–H groups in total. The molecule has 3 rings (SSSR count). The first kappa shape index (κ1) is 16.0. The van der Waals surface area contributed by atoms with Crippen LogP contribution in [0.1, 0.15) is 18.9 Å². The van der Waals surface area contributed by atoms with Gasteiger partial charge in [-0.2, -0.15) is 0 Å². The third-order valence-electron chi connectivity index (χ3n) is 4.43. The average molecular weight is 333 g/mol. The van der Waals surface area contributed by atoms with E-state index >= 15 is 0 Å². The van der Waals surface area contributed by atoms with Gasteiger partial charge in [0.1, 0.15) is 5.82 Å². The van der Waals surface area contributed by atoms with Gasteiger partial charge in [0.05, 0.1) is 10.6 Å². The first-order chi connectivity index (χ1) is 11.0. The number of fused-ring (bicyclic) bond motifs is 1. The second-order valence-corrected chi connectivity index (χ2v) is 8.09. The summed E-state index contributed by atoms with van der Waals surface area (Å²) in [6.45, 7) is 2.99. The summed E-state index contributed by atoms with van der Waals surface area (Å²) in [6, 6.07) is 13.4. The lowest BCUT2D eigenvalue weighted by Gasteiger charge is -2.27. The van der Waals surface area contributed by atoms with E-state index in [1.54, 1.807) is 0 Å². The van der Waals surface area contributed by atoms with Crippen LogP contribution in [0.2, 0.25) is 0 Å². The highest BCUT2D eigenvalue weighted by Crippen LogP contribution is 2.30. The molecule has 0 bridgehead atoms. The van der Waals surface area contributed by atoms with Crippen molar-refractivity contribution in [2.75, 3.05) is 17.2 Å². The lowest BCUT2D eigenvalue weighted by Crippen LogP contribution is -2.32. The predicted octanol–water partition coefficient (Wildman–Crippen LogP) is 3.44. The van der Waals surface area contributed by atoms with Gasteiger partial charge in [-0.1, -0.05) is 18.2 Å². The van der Waals surface area contributed by atoms with Gasteiger partial charge in [0.25, 0.3) is 0 Å². The Labute approximate surface area is 136 Å². The lowest BCUT2D eigenvalue weighted by molar-refractivity contribution is 0.579. The van der Waals surface area contributed by atoms with Gasteiger partial charge in [0.2, 0.25) is 0 Å². The van der Waals surface area contributed by atoms with Crippen molar-refractivity contribution >= 4 is 15.5 Å². The quantitative estimate of drug-likeness (QED) is 0.787. The number of benzene rings is 2. The Balaban J connectivity index is 1.67. The van der Waals surface area contributed by atoms with Gasteiger partial charge in [-0.25, -0.2) is 12.8 Å². The van der Waals surface area contributed by atoms with Crippen LogP contribution in [0.4, 0.5) is 10.1 Å². The third kappa shape index (κ3) is 3.39. The molecule has 0 amide bonds. The summed E-state index contributed by atoms with van der Waals surface area (Å²) in [5.74, 6) is -0.357. The zero-order valence-corrected chi connectivity index (χ0v) is 13.9. The molecule has 2 aromatic rings. The number of sulfone groups is 1. The summed E-state index contributed by atoms with van der Waals surface area (Å²) < 4.78 is 37.7. The van der Waals surface area contributed by atoms with Crippen LogP contribution in [-0.2, 0) is 16.3 Å². The van der Waals surface area contributed by atoms with Gasteiger partial charge in [-0.05, 0) is 55.7 Å². The van der Waals surface area contributed by atoms with Crippen LogP contribution in [0.5, 0.6) is 0 Å². The van der Waals surface area contributed by atoms with Crippen molar-refractivity contribution in [3.05, 3.63) is 59.9 Å². The van der Waals surface area contributed by atoms with Crippen molar-refractivity contribution in [3.8, 4) is 0 Å². The smallest absolute Gasteiger partial charge is 0.178 e. The van der Waals surface area contributed by atoms with Crippen LogP contribution < -0.4 is 4.90 Å². The van der Waals surface area contributed by atoms with Crippen LogP contribution in [0.3, 0.4) is 0 Å². The van der Waals surface area contributed by atoms with Crippen LogP contribution in [0, 0.1) is 5.82 Å². The molecule has 1 unspecified atom stereocenters. The molecule has 2 aromatic carbocycles. The zero-order valence-electron chi connectivity index (χ0n) is 13.1. The maximum Gasteiger partial charge on any atom is 0.178 e. The summed E-state index contributed by atoms with van der Waals surface area (Å²) in [4.78, 5) is 2.46. The van der Waals surface area contributed by atoms with Crippen molar-refractivity contribution in [1.82, 2.24) is 0 Å². The topological polar surface area (TPSA) is 37.4 Å². The molecule has 0 saturated carbocycles. The van der Waals surface area contributed by atoms with Gasteiger partial charge < -0.3 is 4.90 Å². The standard InChI is InChI=1S/C18H20FNO2S/c1-14(20-12-10-15-4-2-3-5-18(15)20)11-13-23(21,22)17-8-6-16(19)7-9-17/h2-9,14H,10-13H2,1H3.